The number of anilines is 1. The number of halogens is 1. The molecule has 0 saturated heterocycles. The SMILES string of the molecule is Cc1cc(C#N)nc(NCc2ccc(Br)s2)n1. The van der Waals surface area contributed by atoms with E-state index in [2.05, 4.69) is 31.2 Å². The van der Waals surface area contributed by atoms with Gasteiger partial charge >= 0.3 is 0 Å². The van der Waals surface area contributed by atoms with Crippen molar-refractivity contribution >= 4 is 33.2 Å². The normalized spacial score (nSPS) is 9.94. The van der Waals surface area contributed by atoms with Crippen LogP contribution in [0.3, 0.4) is 0 Å². The van der Waals surface area contributed by atoms with Gasteiger partial charge in [-0.2, -0.15) is 5.26 Å². The Morgan fingerprint density at radius 1 is 1.47 bits per heavy atom. The Morgan fingerprint density at radius 2 is 2.29 bits per heavy atom. The zero-order valence-corrected chi connectivity index (χ0v) is 11.5. The smallest absolute Gasteiger partial charge is 0.224 e. The van der Waals surface area contributed by atoms with Gasteiger partial charge in [0, 0.05) is 10.6 Å². The summed E-state index contributed by atoms with van der Waals surface area (Å²) >= 11 is 5.06. The number of thiophene rings is 1. The largest absolute Gasteiger partial charge is 0.349 e. The summed E-state index contributed by atoms with van der Waals surface area (Å²) in [6, 6.07) is 7.70. The first kappa shape index (κ1) is 12.0. The van der Waals surface area contributed by atoms with Gasteiger partial charge < -0.3 is 5.32 Å². The molecule has 0 atom stereocenters. The molecule has 2 aromatic heterocycles. The van der Waals surface area contributed by atoms with E-state index in [0.717, 1.165) is 9.48 Å². The number of rotatable bonds is 3. The van der Waals surface area contributed by atoms with Crippen LogP contribution in [0.2, 0.25) is 0 Å². The van der Waals surface area contributed by atoms with Crippen LogP contribution in [0.1, 0.15) is 16.3 Å². The molecule has 1 N–H and O–H groups in total. The molecule has 2 aromatic rings. The molecule has 86 valence electrons. The second kappa shape index (κ2) is 5.25. The summed E-state index contributed by atoms with van der Waals surface area (Å²) in [6.07, 6.45) is 0. The Labute approximate surface area is 111 Å². The molecule has 2 heterocycles. The molecule has 2 rings (SSSR count). The number of nitrogens with zero attached hydrogens (tertiary/aromatic N) is 3. The lowest BCUT2D eigenvalue weighted by atomic mass is 10.3. The van der Waals surface area contributed by atoms with Crippen LogP contribution in [0.15, 0.2) is 22.0 Å². The van der Waals surface area contributed by atoms with Crippen LogP contribution in [0.4, 0.5) is 5.95 Å². The van der Waals surface area contributed by atoms with Crippen LogP contribution in [-0.2, 0) is 6.54 Å². The average Bonchev–Trinajstić information content (AvgIpc) is 2.72. The summed E-state index contributed by atoms with van der Waals surface area (Å²) in [5.41, 5.74) is 1.17. The molecule has 0 aliphatic rings. The van der Waals surface area contributed by atoms with Crippen LogP contribution in [0, 0.1) is 18.3 Å². The molecule has 4 nitrogen and oxygen atoms in total. The van der Waals surface area contributed by atoms with E-state index >= 15 is 0 Å². The number of hydrogen-bond donors (Lipinski definition) is 1. The Hall–Kier alpha value is -1.45. The Morgan fingerprint density at radius 3 is 2.94 bits per heavy atom. The number of nitrogens with one attached hydrogen (secondary N) is 1. The van der Waals surface area contributed by atoms with E-state index in [1.54, 1.807) is 17.4 Å². The second-order valence-corrected chi connectivity index (χ2v) is 5.94. The van der Waals surface area contributed by atoms with Gasteiger partial charge in [0.1, 0.15) is 11.8 Å². The fourth-order valence-electron chi connectivity index (χ4n) is 1.32. The second-order valence-electron chi connectivity index (χ2n) is 3.39. The predicted molar refractivity (Wildman–Crippen MR) is 70.8 cm³/mol. The molecule has 0 bridgehead atoms. The van der Waals surface area contributed by atoms with Crippen LogP contribution in [-0.4, -0.2) is 9.97 Å². The third-order valence-electron chi connectivity index (χ3n) is 2.02. The van der Waals surface area contributed by atoms with Gasteiger partial charge in [-0.3, -0.25) is 0 Å². The summed E-state index contributed by atoms with van der Waals surface area (Å²) < 4.78 is 1.09. The van der Waals surface area contributed by atoms with Crippen molar-refractivity contribution in [3.05, 3.63) is 38.3 Å². The van der Waals surface area contributed by atoms with Gasteiger partial charge in [-0.1, -0.05) is 0 Å². The Kier molecular flexibility index (Phi) is 3.71. The van der Waals surface area contributed by atoms with Gasteiger partial charge in [-0.05, 0) is 41.1 Å². The quantitative estimate of drug-likeness (QED) is 0.946. The Balaban J connectivity index is 2.09. The highest BCUT2D eigenvalue weighted by atomic mass is 79.9. The molecule has 0 amide bonds. The van der Waals surface area contributed by atoms with Crippen LogP contribution in [0.25, 0.3) is 0 Å². The maximum absolute atomic E-state index is 8.80. The summed E-state index contributed by atoms with van der Waals surface area (Å²) in [5.74, 6) is 0.492. The third kappa shape index (κ3) is 3.25. The molecule has 6 heteroatoms. The van der Waals surface area contributed by atoms with Crippen molar-refractivity contribution in [3.63, 3.8) is 0 Å². The van der Waals surface area contributed by atoms with Crippen molar-refractivity contribution in [2.45, 2.75) is 13.5 Å². The summed E-state index contributed by atoms with van der Waals surface area (Å²) in [6.45, 7) is 2.50. The number of aromatic nitrogens is 2. The van der Waals surface area contributed by atoms with Crippen molar-refractivity contribution in [2.75, 3.05) is 5.32 Å². The van der Waals surface area contributed by atoms with E-state index in [4.69, 9.17) is 5.26 Å². The van der Waals surface area contributed by atoms with Gasteiger partial charge in [-0.25, -0.2) is 9.97 Å². The molecule has 0 aliphatic heterocycles. The van der Waals surface area contributed by atoms with Crippen molar-refractivity contribution in [2.24, 2.45) is 0 Å². The zero-order chi connectivity index (χ0) is 12.3. The minimum absolute atomic E-state index is 0.382. The molecule has 0 aromatic carbocycles. The van der Waals surface area contributed by atoms with E-state index in [-0.39, 0.29) is 0 Å². The fourth-order valence-corrected chi connectivity index (χ4v) is 2.74. The zero-order valence-electron chi connectivity index (χ0n) is 9.07. The van der Waals surface area contributed by atoms with E-state index in [9.17, 15) is 0 Å². The molecular weight excluding hydrogens is 300 g/mol. The van der Waals surface area contributed by atoms with Gasteiger partial charge in [0.25, 0.3) is 0 Å². The predicted octanol–water partition coefficient (Wildman–Crippen LogP) is 3.09. The first-order valence-corrected chi connectivity index (χ1v) is 6.52. The molecule has 0 aliphatic carbocycles. The van der Waals surface area contributed by atoms with Crippen molar-refractivity contribution in [1.29, 1.82) is 5.26 Å². The maximum Gasteiger partial charge on any atom is 0.224 e. The summed E-state index contributed by atoms with van der Waals surface area (Å²) in [5, 5.41) is 11.9. The minimum Gasteiger partial charge on any atom is -0.349 e. The van der Waals surface area contributed by atoms with Gasteiger partial charge in [0.15, 0.2) is 0 Å². The molecule has 0 spiro atoms. The topological polar surface area (TPSA) is 61.6 Å². The van der Waals surface area contributed by atoms with E-state index < -0.39 is 0 Å². The van der Waals surface area contributed by atoms with E-state index in [0.29, 0.717) is 18.2 Å². The molecular formula is C11H9BrN4S. The summed E-state index contributed by atoms with van der Waals surface area (Å²) in [7, 11) is 0. The standard InChI is InChI=1S/C11H9BrN4S/c1-7-4-8(5-13)16-11(15-7)14-6-9-2-3-10(12)17-9/h2-4H,6H2,1H3,(H,14,15,16). The fraction of sp³-hybridized carbons (Fsp3) is 0.182. The number of aryl methyl sites for hydroxylation is 1. The average molecular weight is 309 g/mol. The summed E-state index contributed by atoms with van der Waals surface area (Å²) in [4.78, 5) is 9.49. The van der Waals surface area contributed by atoms with Crippen molar-refractivity contribution in [1.82, 2.24) is 9.97 Å². The van der Waals surface area contributed by atoms with Crippen molar-refractivity contribution < 1.29 is 0 Å². The van der Waals surface area contributed by atoms with Gasteiger partial charge in [0.05, 0.1) is 10.3 Å². The third-order valence-corrected chi connectivity index (χ3v) is 3.64. The molecule has 0 saturated carbocycles. The van der Waals surface area contributed by atoms with Gasteiger partial charge in [0.2, 0.25) is 5.95 Å². The first-order valence-electron chi connectivity index (χ1n) is 4.91. The highest BCUT2D eigenvalue weighted by Crippen LogP contribution is 2.22. The lowest BCUT2D eigenvalue weighted by Gasteiger charge is -2.03. The van der Waals surface area contributed by atoms with Gasteiger partial charge in [-0.15, -0.1) is 11.3 Å². The molecule has 17 heavy (non-hydrogen) atoms. The lowest BCUT2D eigenvalue weighted by Crippen LogP contribution is -2.04. The molecule has 0 radical (unpaired) electrons. The lowest BCUT2D eigenvalue weighted by molar-refractivity contribution is 1.03. The number of nitriles is 1. The van der Waals surface area contributed by atoms with Crippen LogP contribution < -0.4 is 5.32 Å². The van der Waals surface area contributed by atoms with Crippen LogP contribution in [0.5, 0.6) is 0 Å². The molecule has 0 unspecified atom stereocenters. The highest BCUT2D eigenvalue weighted by molar-refractivity contribution is 9.11. The monoisotopic (exact) mass is 308 g/mol. The maximum atomic E-state index is 8.80. The minimum atomic E-state index is 0.382. The van der Waals surface area contributed by atoms with E-state index in [1.165, 1.54) is 4.88 Å². The first-order chi connectivity index (χ1) is 8.17. The highest BCUT2D eigenvalue weighted by Gasteiger charge is 2.02. The Bertz CT molecular complexity index is 573. The molecule has 0 fully saturated rings. The number of hydrogen-bond acceptors (Lipinski definition) is 5. The van der Waals surface area contributed by atoms with Crippen molar-refractivity contribution in [3.8, 4) is 6.07 Å². The van der Waals surface area contributed by atoms with Crippen LogP contribution >= 0.6 is 27.3 Å². The van der Waals surface area contributed by atoms with E-state index in [1.807, 2.05) is 25.1 Å².